The molecular formula is C12H21N3O3. The first-order chi connectivity index (χ1) is 8.77. The summed E-state index contributed by atoms with van der Waals surface area (Å²) in [6.45, 7) is 4.38. The van der Waals surface area contributed by atoms with Gasteiger partial charge in [-0.3, -0.25) is 9.59 Å². The Morgan fingerprint density at radius 2 is 2.00 bits per heavy atom. The van der Waals surface area contributed by atoms with Crippen LogP contribution in [0.1, 0.15) is 12.8 Å². The summed E-state index contributed by atoms with van der Waals surface area (Å²) in [4.78, 5) is 24.9. The lowest BCUT2D eigenvalue weighted by atomic mass is 10.3. The lowest BCUT2D eigenvalue weighted by Crippen LogP contribution is -2.51. The monoisotopic (exact) mass is 255 g/mol. The Morgan fingerprint density at radius 1 is 1.28 bits per heavy atom. The Balaban J connectivity index is 1.56. The number of hydrogen-bond acceptors (Lipinski definition) is 4. The van der Waals surface area contributed by atoms with E-state index in [4.69, 9.17) is 4.74 Å². The van der Waals surface area contributed by atoms with E-state index in [1.165, 1.54) is 12.8 Å². The summed E-state index contributed by atoms with van der Waals surface area (Å²) < 4.78 is 5.38. The number of rotatable bonds is 5. The van der Waals surface area contributed by atoms with Crippen LogP contribution >= 0.6 is 0 Å². The van der Waals surface area contributed by atoms with Gasteiger partial charge in [-0.2, -0.15) is 0 Å². The Labute approximate surface area is 107 Å². The quantitative estimate of drug-likeness (QED) is 0.486. The second kappa shape index (κ2) is 6.70. The van der Waals surface area contributed by atoms with Gasteiger partial charge in [-0.25, -0.2) is 0 Å². The second-order valence-electron chi connectivity index (χ2n) is 4.82. The maximum atomic E-state index is 11.7. The van der Waals surface area contributed by atoms with Gasteiger partial charge in [-0.1, -0.05) is 0 Å². The predicted molar refractivity (Wildman–Crippen MR) is 66.0 cm³/mol. The van der Waals surface area contributed by atoms with Gasteiger partial charge in [0.15, 0.2) is 0 Å². The van der Waals surface area contributed by atoms with Crippen LogP contribution in [0, 0.1) is 5.92 Å². The van der Waals surface area contributed by atoms with Gasteiger partial charge in [0, 0.05) is 39.3 Å². The van der Waals surface area contributed by atoms with Crippen LogP contribution in [-0.4, -0.2) is 62.7 Å². The molecule has 0 spiro atoms. The number of carbonyl (C=O) groups excluding carboxylic acids is 2. The van der Waals surface area contributed by atoms with E-state index >= 15 is 0 Å². The van der Waals surface area contributed by atoms with Gasteiger partial charge in [-0.05, 0) is 18.8 Å². The normalized spacial score (nSPS) is 19.7. The molecule has 18 heavy (non-hydrogen) atoms. The van der Waals surface area contributed by atoms with Crippen molar-refractivity contribution >= 4 is 11.8 Å². The van der Waals surface area contributed by atoms with Crippen LogP contribution in [0.4, 0.5) is 0 Å². The van der Waals surface area contributed by atoms with E-state index in [-0.39, 0.29) is 0 Å². The van der Waals surface area contributed by atoms with Crippen molar-refractivity contribution < 1.29 is 14.3 Å². The molecule has 0 aromatic rings. The maximum absolute atomic E-state index is 11.7. The fourth-order valence-electron chi connectivity index (χ4n) is 1.86. The Hall–Kier alpha value is -1.14. The zero-order valence-corrected chi connectivity index (χ0v) is 10.6. The molecule has 0 aromatic carbocycles. The number of ether oxygens (including phenoxy) is 1. The van der Waals surface area contributed by atoms with Crippen LogP contribution in [0.25, 0.3) is 0 Å². The highest BCUT2D eigenvalue weighted by atomic mass is 16.5. The molecule has 1 saturated carbocycles. The van der Waals surface area contributed by atoms with Crippen molar-refractivity contribution in [1.82, 2.24) is 15.5 Å². The third kappa shape index (κ3) is 4.27. The Kier molecular flexibility index (Phi) is 4.95. The zero-order chi connectivity index (χ0) is 12.8. The van der Waals surface area contributed by atoms with Crippen molar-refractivity contribution in [3.63, 3.8) is 0 Å². The molecule has 2 rings (SSSR count). The van der Waals surface area contributed by atoms with E-state index in [0.717, 1.165) is 25.6 Å². The molecule has 2 fully saturated rings. The van der Waals surface area contributed by atoms with Crippen molar-refractivity contribution in [3.8, 4) is 0 Å². The predicted octanol–water partition coefficient (Wildman–Crippen LogP) is -1.04. The molecule has 0 bridgehead atoms. The van der Waals surface area contributed by atoms with E-state index in [1.807, 2.05) is 0 Å². The average Bonchev–Trinajstić information content (AvgIpc) is 3.22. The number of nitrogens with zero attached hydrogens (tertiary/aromatic N) is 1. The van der Waals surface area contributed by atoms with Crippen molar-refractivity contribution in [3.05, 3.63) is 0 Å². The van der Waals surface area contributed by atoms with Crippen molar-refractivity contribution in [1.29, 1.82) is 0 Å². The first-order valence-electron chi connectivity index (χ1n) is 6.63. The summed E-state index contributed by atoms with van der Waals surface area (Å²) >= 11 is 0. The van der Waals surface area contributed by atoms with E-state index < -0.39 is 11.8 Å². The zero-order valence-electron chi connectivity index (χ0n) is 10.6. The summed E-state index contributed by atoms with van der Waals surface area (Å²) in [5.41, 5.74) is 0. The van der Waals surface area contributed by atoms with Crippen LogP contribution in [-0.2, 0) is 14.3 Å². The van der Waals surface area contributed by atoms with Gasteiger partial charge in [0.25, 0.3) is 0 Å². The van der Waals surface area contributed by atoms with E-state index in [9.17, 15) is 9.59 Å². The number of nitrogens with one attached hydrogen (secondary N) is 2. The fourth-order valence-corrected chi connectivity index (χ4v) is 1.86. The van der Waals surface area contributed by atoms with Crippen LogP contribution in [0.3, 0.4) is 0 Å². The number of piperazine rings is 1. The molecule has 0 aromatic heterocycles. The Bertz CT molecular complexity index is 299. The topological polar surface area (TPSA) is 70.7 Å². The minimum Gasteiger partial charge on any atom is -0.379 e. The minimum absolute atomic E-state index is 0.406. The largest absolute Gasteiger partial charge is 0.379 e. The molecule has 1 saturated heterocycles. The Morgan fingerprint density at radius 3 is 2.67 bits per heavy atom. The smallest absolute Gasteiger partial charge is 0.311 e. The first kappa shape index (κ1) is 13.3. The third-order valence-electron chi connectivity index (χ3n) is 3.18. The second-order valence-corrected chi connectivity index (χ2v) is 4.82. The van der Waals surface area contributed by atoms with Gasteiger partial charge in [0.2, 0.25) is 0 Å². The minimum atomic E-state index is -0.521. The molecule has 2 amide bonds. The van der Waals surface area contributed by atoms with Gasteiger partial charge >= 0.3 is 11.8 Å². The van der Waals surface area contributed by atoms with E-state index in [0.29, 0.717) is 26.2 Å². The lowest BCUT2D eigenvalue weighted by Gasteiger charge is -2.26. The van der Waals surface area contributed by atoms with Crippen LogP contribution in [0.5, 0.6) is 0 Å². The standard InChI is InChI=1S/C12H21N3O3/c16-11(12(17)15-6-3-13-4-7-15)14-5-8-18-9-10-1-2-10/h10,13H,1-9H2,(H,14,16). The van der Waals surface area contributed by atoms with Crippen LogP contribution < -0.4 is 10.6 Å². The number of amides is 2. The molecular weight excluding hydrogens is 234 g/mol. The van der Waals surface area contributed by atoms with Crippen molar-refractivity contribution in [2.45, 2.75) is 12.8 Å². The summed E-state index contributed by atoms with van der Waals surface area (Å²) in [5, 5.41) is 5.74. The average molecular weight is 255 g/mol. The number of hydrogen-bond donors (Lipinski definition) is 2. The van der Waals surface area contributed by atoms with E-state index in [1.54, 1.807) is 4.90 Å². The van der Waals surface area contributed by atoms with E-state index in [2.05, 4.69) is 10.6 Å². The molecule has 1 aliphatic heterocycles. The highest BCUT2D eigenvalue weighted by Gasteiger charge is 2.23. The fraction of sp³-hybridized carbons (Fsp3) is 0.833. The van der Waals surface area contributed by atoms with Crippen molar-refractivity contribution in [2.75, 3.05) is 45.9 Å². The van der Waals surface area contributed by atoms with Crippen molar-refractivity contribution in [2.24, 2.45) is 5.92 Å². The molecule has 102 valence electrons. The molecule has 6 heteroatoms. The van der Waals surface area contributed by atoms with Crippen LogP contribution in [0.15, 0.2) is 0 Å². The molecule has 1 heterocycles. The molecule has 2 aliphatic rings. The van der Waals surface area contributed by atoms with Gasteiger partial charge in [-0.15, -0.1) is 0 Å². The van der Waals surface area contributed by atoms with Crippen LogP contribution in [0.2, 0.25) is 0 Å². The lowest BCUT2D eigenvalue weighted by molar-refractivity contribution is -0.146. The first-order valence-corrected chi connectivity index (χ1v) is 6.63. The highest BCUT2D eigenvalue weighted by Crippen LogP contribution is 2.28. The summed E-state index contributed by atoms with van der Waals surface area (Å²) in [6.07, 6.45) is 2.52. The molecule has 2 N–H and O–H groups in total. The molecule has 6 nitrogen and oxygen atoms in total. The molecule has 1 aliphatic carbocycles. The van der Waals surface area contributed by atoms with Gasteiger partial charge in [0.1, 0.15) is 0 Å². The summed E-state index contributed by atoms with van der Waals surface area (Å²) in [5.74, 6) is -0.228. The summed E-state index contributed by atoms with van der Waals surface area (Å²) in [7, 11) is 0. The third-order valence-corrected chi connectivity index (χ3v) is 3.18. The SMILES string of the molecule is O=C(NCCOCC1CC1)C(=O)N1CCNCC1. The highest BCUT2D eigenvalue weighted by molar-refractivity contribution is 6.35. The molecule has 0 radical (unpaired) electrons. The molecule has 0 atom stereocenters. The number of carbonyl (C=O) groups is 2. The maximum Gasteiger partial charge on any atom is 0.311 e. The summed E-state index contributed by atoms with van der Waals surface area (Å²) in [6, 6.07) is 0. The molecule has 0 unspecified atom stereocenters. The van der Waals surface area contributed by atoms with Gasteiger partial charge < -0.3 is 20.3 Å². The van der Waals surface area contributed by atoms with Gasteiger partial charge in [0.05, 0.1) is 6.61 Å².